The zero-order valence-corrected chi connectivity index (χ0v) is 20.9. The van der Waals surface area contributed by atoms with Gasteiger partial charge in [-0.1, -0.05) is 42.0 Å². The van der Waals surface area contributed by atoms with Gasteiger partial charge in [-0.2, -0.15) is 4.31 Å². The summed E-state index contributed by atoms with van der Waals surface area (Å²) in [6.45, 7) is 4.53. The molecule has 1 N–H and O–H groups in total. The second kappa shape index (κ2) is 9.85. The average Bonchev–Trinajstić information content (AvgIpc) is 2.88. The summed E-state index contributed by atoms with van der Waals surface area (Å²) in [5, 5.41) is 2.80. The highest BCUT2D eigenvalue weighted by Crippen LogP contribution is 2.30. The molecule has 2 heterocycles. The highest BCUT2D eigenvalue weighted by atomic mass is 32.2. The zero-order valence-electron chi connectivity index (χ0n) is 20.1. The normalized spacial score (nSPS) is 16.9. The van der Waals surface area contributed by atoms with Crippen LogP contribution in [-0.4, -0.2) is 62.2 Å². The fraction of sp³-hybridized carbons (Fsp3) is 0.259. The molecule has 0 radical (unpaired) electrons. The minimum absolute atomic E-state index is 0.0303. The summed E-state index contributed by atoms with van der Waals surface area (Å²) in [7, 11) is -3.51. The topological polar surface area (TPSA) is 90.0 Å². The maximum Gasteiger partial charge on any atom is 0.258 e. The number of piperazine rings is 1. The number of nitrogens with one attached hydrogen (secondary N) is 1. The van der Waals surface area contributed by atoms with Crippen LogP contribution in [0.3, 0.4) is 0 Å². The molecular formula is C27H28N4O4S. The maximum atomic E-state index is 13.3. The molecule has 1 fully saturated rings. The largest absolute Gasteiger partial charge is 0.323 e. The Bertz CT molecular complexity index is 1400. The van der Waals surface area contributed by atoms with E-state index >= 15 is 0 Å². The third-order valence-corrected chi connectivity index (χ3v) is 8.50. The van der Waals surface area contributed by atoms with Gasteiger partial charge < -0.3 is 5.32 Å². The van der Waals surface area contributed by atoms with Crippen LogP contribution in [0.5, 0.6) is 0 Å². The molecule has 0 aromatic heterocycles. The molecule has 0 saturated carbocycles. The number of hydrogen-bond acceptors (Lipinski definition) is 5. The third-order valence-electron chi connectivity index (χ3n) is 6.59. The Balaban J connectivity index is 1.25. The van der Waals surface area contributed by atoms with Gasteiger partial charge in [-0.25, -0.2) is 8.42 Å². The number of rotatable bonds is 5. The van der Waals surface area contributed by atoms with E-state index in [1.165, 1.54) is 9.21 Å². The summed E-state index contributed by atoms with van der Waals surface area (Å²) in [4.78, 5) is 29.5. The van der Waals surface area contributed by atoms with Gasteiger partial charge in [-0.3, -0.25) is 19.4 Å². The Labute approximate surface area is 211 Å². The molecule has 8 nitrogen and oxygen atoms in total. The minimum atomic E-state index is -3.51. The Morgan fingerprint density at radius 2 is 1.64 bits per heavy atom. The van der Waals surface area contributed by atoms with Crippen LogP contribution in [-0.2, 0) is 21.4 Å². The standard InChI is InChI=1S/C27H28N4O4S/c1-20-9-11-23(12-10-20)36(34,35)30-15-13-29(14-16-30)18-21-5-4-6-22(17-21)27(33)31-19-26(32)28-24-7-2-3-8-25(24)31/h2-12,17H,13-16,18-19H2,1H3,(H,28,32). The Hall–Kier alpha value is -3.53. The number of fused-ring (bicyclic) bond motifs is 1. The lowest BCUT2D eigenvalue weighted by atomic mass is 10.1. The van der Waals surface area contributed by atoms with Crippen molar-refractivity contribution in [3.63, 3.8) is 0 Å². The maximum absolute atomic E-state index is 13.3. The molecular weight excluding hydrogens is 476 g/mol. The van der Waals surface area contributed by atoms with Crippen LogP contribution in [0.2, 0.25) is 0 Å². The van der Waals surface area contributed by atoms with E-state index in [4.69, 9.17) is 0 Å². The zero-order chi connectivity index (χ0) is 25.3. The van der Waals surface area contributed by atoms with Crippen LogP contribution >= 0.6 is 0 Å². The van der Waals surface area contributed by atoms with Crippen molar-refractivity contribution in [2.75, 3.05) is 42.9 Å². The number of sulfonamides is 1. The van der Waals surface area contributed by atoms with Crippen LogP contribution < -0.4 is 10.2 Å². The molecule has 3 aromatic carbocycles. The van der Waals surface area contributed by atoms with Crippen molar-refractivity contribution in [3.05, 3.63) is 89.5 Å². The first-order valence-electron chi connectivity index (χ1n) is 11.9. The summed E-state index contributed by atoms with van der Waals surface area (Å²) in [5.74, 6) is -0.454. The van der Waals surface area contributed by atoms with Crippen molar-refractivity contribution in [2.24, 2.45) is 0 Å². The van der Waals surface area contributed by atoms with Crippen LogP contribution in [0.25, 0.3) is 0 Å². The van der Waals surface area contributed by atoms with E-state index in [1.54, 1.807) is 24.3 Å². The van der Waals surface area contributed by atoms with Crippen LogP contribution in [0.15, 0.2) is 77.7 Å². The Morgan fingerprint density at radius 3 is 2.39 bits per heavy atom. The molecule has 0 aliphatic carbocycles. The lowest BCUT2D eigenvalue weighted by Gasteiger charge is -2.34. The number of aryl methyl sites for hydroxylation is 1. The SMILES string of the molecule is Cc1ccc(S(=O)(=O)N2CCN(Cc3cccc(C(=O)N4CC(=O)Nc5ccccc54)c3)CC2)cc1. The number of hydrogen-bond donors (Lipinski definition) is 1. The van der Waals surface area contributed by atoms with Crippen molar-refractivity contribution >= 4 is 33.2 Å². The third kappa shape index (κ3) is 4.90. The lowest BCUT2D eigenvalue weighted by molar-refractivity contribution is -0.115. The van der Waals surface area contributed by atoms with Gasteiger partial charge in [0, 0.05) is 38.3 Å². The lowest BCUT2D eigenvalue weighted by Crippen LogP contribution is -2.48. The summed E-state index contributed by atoms with van der Waals surface area (Å²) in [6, 6.07) is 21.6. The average molecular weight is 505 g/mol. The van der Waals surface area contributed by atoms with Gasteiger partial charge in [0.1, 0.15) is 6.54 Å². The number of carbonyl (C=O) groups is 2. The van der Waals surface area contributed by atoms with Crippen molar-refractivity contribution < 1.29 is 18.0 Å². The van der Waals surface area contributed by atoms with Crippen molar-refractivity contribution in [1.82, 2.24) is 9.21 Å². The smallest absolute Gasteiger partial charge is 0.258 e. The van der Waals surface area contributed by atoms with Crippen molar-refractivity contribution in [1.29, 1.82) is 0 Å². The van der Waals surface area contributed by atoms with Crippen molar-refractivity contribution in [3.8, 4) is 0 Å². The summed E-state index contributed by atoms with van der Waals surface area (Å²) in [6.07, 6.45) is 0. The van der Waals surface area contributed by atoms with E-state index in [2.05, 4.69) is 10.2 Å². The predicted molar refractivity (Wildman–Crippen MR) is 138 cm³/mol. The number of benzene rings is 3. The molecule has 5 rings (SSSR count). The highest BCUT2D eigenvalue weighted by molar-refractivity contribution is 7.89. The quantitative estimate of drug-likeness (QED) is 0.577. The fourth-order valence-electron chi connectivity index (χ4n) is 4.62. The molecule has 36 heavy (non-hydrogen) atoms. The van der Waals surface area contributed by atoms with Gasteiger partial charge in [0.15, 0.2) is 0 Å². The van der Waals surface area contributed by atoms with Gasteiger partial charge in [-0.15, -0.1) is 0 Å². The predicted octanol–water partition coefficient (Wildman–Crippen LogP) is 3.10. The molecule has 1 saturated heterocycles. The second-order valence-corrected chi connectivity index (χ2v) is 11.1. The second-order valence-electron chi connectivity index (χ2n) is 9.15. The Morgan fingerprint density at radius 1 is 0.917 bits per heavy atom. The highest BCUT2D eigenvalue weighted by Gasteiger charge is 2.29. The first-order chi connectivity index (χ1) is 17.3. The molecule has 2 aliphatic heterocycles. The Kier molecular flexibility index (Phi) is 6.61. The number of anilines is 2. The van der Waals surface area contributed by atoms with Crippen LogP contribution in [0, 0.1) is 6.92 Å². The molecule has 0 atom stereocenters. The van der Waals surface area contributed by atoms with Gasteiger partial charge in [-0.05, 0) is 48.9 Å². The van der Waals surface area contributed by atoms with E-state index in [0.717, 1.165) is 11.1 Å². The van der Waals surface area contributed by atoms with Gasteiger partial charge in [0.05, 0.1) is 16.3 Å². The number of nitrogens with zero attached hydrogens (tertiary/aromatic N) is 3. The number of amides is 2. The van der Waals surface area contributed by atoms with E-state index < -0.39 is 10.0 Å². The molecule has 0 unspecified atom stereocenters. The first kappa shape index (κ1) is 24.2. The number of para-hydroxylation sites is 2. The summed E-state index contributed by atoms with van der Waals surface area (Å²) >= 11 is 0. The van der Waals surface area contributed by atoms with Gasteiger partial charge in [0.2, 0.25) is 15.9 Å². The van der Waals surface area contributed by atoms with E-state index in [0.29, 0.717) is 54.6 Å². The monoisotopic (exact) mass is 504 g/mol. The van der Waals surface area contributed by atoms with Crippen LogP contribution in [0.1, 0.15) is 21.5 Å². The summed E-state index contributed by atoms with van der Waals surface area (Å²) < 4.78 is 27.5. The van der Waals surface area contributed by atoms with E-state index in [1.807, 2.05) is 55.5 Å². The number of carbonyl (C=O) groups excluding carboxylic acids is 2. The molecule has 0 spiro atoms. The molecule has 186 valence electrons. The van der Waals surface area contributed by atoms with Crippen molar-refractivity contribution in [2.45, 2.75) is 18.4 Å². The molecule has 0 bridgehead atoms. The van der Waals surface area contributed by atoms with Gasteiger partial charge >= 0.3 is 0 Å². The molecule has 2 amide bonds. The molecule has 9 heteroatoms. The fourth-order valence-corrected chi connectivity index (χ4v) is 6.04. The van der Waals surface area contributed by atoms with Crippen LogP contribution in [0.4, 0.5) is 11.4 Å². The summed E-state index contributed by atoms with van der Waals surface area (Å²) in [5.41, 5.74) is 3.80. The minimum Gasteiger partial charge on any atom is -0.323 e. The molecule has 3 aromatic rings. The molecule has 2 aliphatic rings. The first-order valence-corrected chi connectivity index (χ1v) is 13.3. The van der Waals surface area contributed by atoms with Gasteiger partial charge in [0.25, 0.3) is 5.91 Å². The van der Waals surface area contributed by atoms with E-state index in [-0.39, 0.29) is 18.4 Å². The van der Waals surface area contributed by atoms with E-state index in [9.17, 15) is 18.0 Å².